The van der Waals surface area contributed by atoms with Crippen molar-refractivity contribution in [3.63, 3.8) is 0 Å². The van der Waals surface area contributed by atoms with Gasteiger partial charge in [0, 0.05) is 9.77 Å². The van der Waals surface area contributed by atoms with E-state index in [1.165, 1.54) is 23.1 Å². The zero-order chi connectivity index (χ0) is 18.9. The highest BCUT2D eigenvalue weighted by Gasteiger charge is 2.18. The number of hydrogen-bond acceptors (Lipinski definition) is 6. The fourth-order valence-corrected chi connectivity index (χ4v) is 4.02. The molecule has 0 saturated heterocycles. The summed E-state index contributed by atoms with van der Waals surface area (Å²) < 4.78 is 5.07. The molecule has 0 aliphatic rings. The van der Waals surface area contributed by atoms with Crippen LogP contribution in [0.25, 0.3) is 0 Å². The Labute approximate surface area is 166 Å². The molecule has 0 unspecified atom stereocenters. The Kier molecular flexibility index (Phi) is 8.08. The first-order valence-electron chi connectivity index (χ1n) is 8.12. The number of nitrogens with one attached hydrogen (secondary N) is 2. The van der Waals surface area contributed by atoms with E-state index in [1.54, 1.807) is 13.0 Å². The number of rotatable bonds is 7. The molecule has 8 heteroatoms. The summed E-state index contributed by atoms with van der Waals surface area (Å²) >= 11 is 8.05. The van der Waals surface area contributed by atoms with Crippen LogP contribution in [0.5, 0.6) is 0 Å². The number of anilines is 1. The fraction of sp³-hybridized carbons (Fsp3) is 0.278. The van der Waals surface area contributed by atoms with E-state index in [9.17, 15) is 9.59 Å². The summed E-state index contributed by atoms with van der Waals surface area (Å²) in [5.74, 6) is -0.359. The standard InChI is InChI=1S/C18H20N2O3S3/c1-3-12-10-14(17(22)23-4-2)16(26-12)20-18(24)19-15(21)11-25-13-8-6-5-7-9-13/h5-10H,3-4,11H2,1-2H3,(H2,19,20,21,24). The molecule has 138 valence electrons. The van der Waals surface area contributed by atoms with Gasteiger partial charge in [-0.25, -0.2) is 4.79 Å². The predicted molar refractivity (Wildman–Crippen MR) is 111 cm³/mol. The Bertz CT molecular complexity index is 775. The molecule has 2 N–H and O–H groups in total. The van der Waals surface area contributed by atoms with E-state index < -0.39 is 5.97 Å². The van der Waals surface area contributed by atoms with Crippen LogP contribution in [0, 0.1) is 0 Å². The van der Waals surface area contributed by atoms with Crippen molar-refractivity contribution < 1.29 is 14.3 Å². The number of benzene rings is 1. The Balaban J connectivity index is 1.93. The molecule has 0 fully saturated rings. The Hall–Kier alpha value is -1.90. The number of thiophene rings is 1. The van der Waals surface area contributed by atoms with Crippen molar-refractivity contribution in [2.24, 2.45) is 0 Å². The third kappa shape index (κ3) is 6.12. The van der Waals surface area contributed by atoms with Crippen LogP contribution in [-0.4, -0.2) is 29.3 Å². The zero-order valence-electron chi connectivity index (χ0n) is 14.5. The summed E-state index contributed by atoms with van der Waals surface area (Å²) in [4.78, 5) is 26.2. The van der Waals surface area contributed by atoms with Crippen molar-refractivity contribution in [1.82, 2.24) is 5.32 Å². The van der Waals surface area contributed by atoms with Crippen LogP contribution in [0.4, 0.5) is 5.00 Å². The molecular formula is C18H20N2O3S3. The molecule has 26 heavy (non-hydrogen) atoms. The lowest BCUT2D eigenvalue weighted by Gasteiger charge is -2.09. The number of esters is 1. The summed E-state index contributed by atoms with van der Waals surface area (Å²) in [6.45, 7) is 4.06. The highest BCUT2D eigenvalue weighted by Crippen LogP contribution is 2.29. The minimum absolute atomic E-state index is 0.165. The zero-order valence-corrected chi connectivity index (χ0v) is 17.0. The lowest BCUT2D eigenvalue weighted by Crippen LogP contribution is -2.35. The van der Waals surface area contributed by atoms with Gasteiger partial charge in [-0.2, -0.15) is 0 Å². The van der Waals surface area contributed by atoms with Gasteiger partial charge in [-0.15, -0.1) is 23.1 Å². The molecule has 1 amide bonds. The lowest BCUT2D eigenvalue weighted by molar-refractivity contribution is -0.117. The first kappa shape index (κ1) is 20.4. The maximum Gasteiger partial charge on any atom is 0.341 e. The maximum atomic E-state index is 12.1. The second-order valence-corrected chi connectivity index (χ2v) is 7.73. The van der Waals surface area contributed by atoms with E-state index in [1.807, 2.05) is 37.3 Å². The Morgan fingerprint density at radius 3 is 2.62 bits per heavy atom. The van der Waals surface area contributed by atoms with E-state index in [-0.39, 0.29) is 16.8 Å². The topological polar surface area (TPSA) is 67.4 Å². The number of hydrogen-bond donors (Lipinski definition) is 2. The van der Waals surface area contributed by atoms with Crippen molar-refractivity contribution in [3.8, 4) is 0 Å². The lowest BCUT2D eigenvalue weighted by atomic mass is 10.2. The van der Waals surface area contributed by atoms with Crippen molar-refractivity contribution in [1.29, 1.82) is 0 Å². The average molecular weight is 409 g/mol. The number of carbonyl (C=O) groups excluding carboxylic acids is 2. The summed E-state index contributed by atoms with van der Waals surface area (Å²) in [5.41, 5.74) is 0.434. The van der Waals surface area contributed by atoms with Gasteiger partial charge in [0.15, 0.2) is 5.11 Å². The highest BCUT2D eigenvalue weighted by molar-refractivity contribution is 8.00. The van der Waals surface area contributed by atoms with Crippen molar-refractivity contribution in [3.05, 3.63) is 46.8 Å². The second kappa shape index (κ2) is 10.3. The third-order valence-electron chi connectivity index (χ3n) is 3.22. The van der Waals surface area contributed by atoms with Gasteiger partial charge in [0.1, 0.15) is 5.00 Å². The molecule has 0 saturated carbocycles. The molecule has 0 aliphatic heterocycles. The summed E-state index contributed by atoms with van der Waals surface area (Å²) in [6, 6.07) is 11.4. The molecule has 2 rings (SSSR count). The smallest absolute Gasteiger partial charge is 0.341 e. The first-order valence-corrected chi connectivity index (χ1v) is 10.3. The minimum atomic E-state index is -0.403. The third-order valence-corrected chi connectivity index (χ3v) is 5.63. The largest absolute Gasteiger partial charge is 0.462 e. The predicted octanol–water partition coefficient (Wildman–Crippen LogP) is 4.09. The van der Waals surface area contributed by atoms with Gasteiger partial charge in [-0.3, -0.25) is 4.79 Å². The van der Waals surface area contributed by atoms with E-state index in [2.05, 4.69) is 10.6 Å². The van der Waals surface area contributed by atoms with Crippen LogP contribution >= 0.6 is 35.3 Å². The molecule has 0 spiro atoms. The molecule has 1 aromatic heterocycles. The molecular weight excluding hydrogens is 388 g/mol. The number of thioether (sulfide) groups is 1. The quantitative estimate of drug-likeness (QED) is 0.409. The van der Waals surface area contributed by atoms with Crippen molar-refractivity contribution in [2.75, 3.05) is 17.7 Å². The van der Waals surface area contributed by atoms with Crippen LogP contribution in [0.1, 0.15) is 29.1 Å². The summed E-state index contributed by atoms with van der Waals surface area (Å²) in [6.07, 6.45) is 0.797. The van der Waals surface area contributed by atoms with Crippen molar-refractivity contribution in [2.45, 2.75) is 25.2 Å². The average Bonchev–Trinajstić information content (AvgIpc) is 3.04. The Morgan fingerprint density at radius 1 is 1.23 bits per heavy atom. The summed E-state index contributed by atoms with van der Waals surface area (Å²) in [7, 11) is 0. The van der Waals surface area contributed by atoms with Gasteiger partial charge < -0.3 is 15.4 Å². The molecule has 0 aliphatic carbocycles. The van der Waals surface area contributed by atoms with Crippen LogP contribution in [0.2, 0.25) is 0 Å². The van der Waals surface area contributed by atoms with E-state index in [4.69, 9.17) is 17.0 Å². The number of thiocarbonyl (C=S) groups is 1. The Morgan fingerprint density at radius 2 is 1.96 bits per heavy atom. The first-order chi connectivity index (χ1) is 12.5. The molecule has 5 nitrogen and oxygen atoms in total. The fourth-order valence-electron chi connectivity index (χ4n) is 2.03. The highest BCUT2D eigenvalue weighted by atomic mass is 32.2. The number of amides is 1. The molecule has 2 aromatic rings. The second-order valence-electron chi connectivity index (χ2n) is 5.13. The minimum Gasteiger partial charge on any atom is -0.462 e. The van der Waals surface area contributed by atoms with E-state index in [0.717, 1.165) is 16.2 Å². The molecule has 0 bridgehead atoms. The van der Waals surface area contributed by atoms with Crippen LogP contribution in [0.3, 0.4) is 0 Å². The van der Waals surface area contributed by atoms with Crippen LogP contribution in [-0.2, 0) is 16.0 Å². The van der Waals surface area contributed by atoms with E-state index >= 15 is 0 Å². The van der Waals surface area contributed by atoms with Crippen LogP contribution in [0.15, 0.2) is 41.3 Å². The van der Waals surface area contributed by atoms with Gasteiger partial charge >= 0.3 is 5.97 Å². The molecule has 0 atom stereocenters. The van der Waals surface area contributed by atoms with Gasteiger partial charge in [-0.05, 0) is 43.8 Å². The van der Waals surface area contributed by atoms with Gasteiger partial charge in [0.05, 0.1) is 17.9 Å². The van der Waals surface area contributed by atoms with E-state index in [0.29, 0.717) is 17.2 Å². The molecule has 1 aromatic carbocycles. The van der Waals surface area contributed by atoms with Gasteiger partial charge in [0.25, 0.3) is 0 Å². The van der Waals surface area contributed by atoms with Gasteiger partial charge in [0.2, 0.25) is 5.91 Å². The maximum absolute atomic E-state index is 12.1. The SMILES string of the molecule is CCOC(=O)c1cc(CC)sc1NC(=S)NC(=O)CSc1ccccc1. The number of aryl methyl sites for hydroxylation is 1. The number of ether oxygens (including phenoxy) is 1. The summed E-state index contributed by atoms with van der Waals surface area (Å²) in [5, 5.41) is 6.33. The monoisotopic (exact) mass is 408 g/mol. The normalized spacial score (nSPS) is 10.2. The molecule has 0 radical (unpaired) electrons. The van der Waals surface area contributed by atoms with Crippen molar-refractivity contribution >= 4 is 57.3 Å². The number of carbonyl (C=O) groups is 2. The van der Waals surface area contributed by atoms with Crippen LogP contribution < -0.4 is 10.6 Å². The molecule has 1 heterocycles. The van der Waals surface area contributed by atoms with Gasteiger partial charge in [-0.1, -0.05) is 25.1 Å².